The Balaban J connectivity index is 1.60. The van der Waals surface area contributed by atoms with Crippen LogP contribution in [-0.2, 0) is 14.8 Å². The van der Waals surface area contributed by atoms with Gasteiger partial charge in [-0.15, -0.1) is 0 Å². The molecule has 1 saturated carbocycles. The summed E-state index contributed by atoms with van der Waals surface area (Å²) in [5, 5.41) is 0. The van der Waals surface area contributed by atoms with Crippen LogP contribution in [0.2, 0.25) is 0 Å². The Morgan fingerprint density at radius 1 is 1.18 bits per heavy atom. The van der Waals surface area contributed by atoms with Crippen LogP contribution in [0, 0.1) is 11.7 Å². The molecule has 0 bridgehead atoms. The predicted octanol–water partition coefficient (Wildman–Crippen LogP) is 1.03. The first kappa shape index (κ1) is 15.4. The van der Waals surface area contributed by atoms with Gasteiger partial charge in [0.25, 0.3) is 0 Å². The first-order valence-electron chi connectivity index (χ1n) is 7.36. The lowest BCUT2D eigenvalue weighted by molar-refractivity contribution is -0.133. The molecular weight excluding hydrogens is 307 g/mol. The molecule has 0 spiro atoms. The van der Waals surface area contributed by atoms with E-state index in [1.165, 1.54) is 16.6 Å². The lowest BCUT2D eigenvalue weighted by Gasteiger charge is -2.33. The summed E-state index contributed by atoms with van der Waals surface area (Å²) in [5.74, 6) is -0.450. The minimum absolute atomic E-state index is 0.0152. The highest BCUT2D eigenvalue weighted by molar-refractivity contribution is 7.88. The predicted molar refractivity (Wildman–Crippen MR) is 80.2 cm³/mol. The molecule has 7 heteroatoms. The van der Waals surface area contributed by atoms with Crippen LogP contribution >= 0.6 is 0 Å². The van der Waals surface area contributed by atoms with Gasteiger partial charge in [0.05, 0.1) is 6.26 Å². The Hall–Kier alpha value is -1.47. The van der Waals surface area contributed by atoms with Crippen molar-refractivity contribution >= 4 is 15.9 Å². The van der Waals surface area contributed by atoms with Crippen molar-refractivity contribution in [1.82, 2.24) is 9.21 Å². The number of hydrogen-bond acceptors (Lipinski definition) is 3. The lowest BCUT2D eigenvalue weighted by Crippen LogP contribution is -2.50. The summed E-state index contributed by atoms with van der Waals surface area (Å²) in [7, 11) is -3.19. The fraction of sp³-hybridized carbons (Fsp3) is 0.533. The molecule has 1 aromatic carbocycles. The number of nitrogens with zero attached hydrogens (tertiary/aromatic N) is 2. The first-order valence-corrected chi connectivity index (χ1v) is 9.21. The molecule has 2 aliphatic rings. The summed E-state index contributed by atoms with van der Waals surface area (Å²) < 4.78 is 38.1. The molecule has 0 aromatic heterocycles. The van der Waals surface area contributed by atoms with Gasteiger partial charge in [0, 0.05) is 32.1 Å². The average molecular weight is 326 g/mol. The topological polar surface area (TPSA) is 57.7 Å². The van der Waals surface area contributed by atoms with Crippen molar-refractivity contribution in [2.75, 3.05) is 32.4 Å². The molecule has 1 heterocycles. The van der Waals surface area contributed by atoms with E-state index < -0.39 is 10.0 Å². The summed E-state index contributed by atoms with van der Waals surface area (Å²) in [5.41, 5.74) is 0.607. The number of carbonyl (C=O) groups is 1. The summed E-state index contributed by atoms with van der Waals surface area (Å²) in [6.45, 7) is 1.49. The zero-order valence-corrected chi connectivity index (χ0v) is 13.2. The molecule has 1 aliphatic carbocycles. The van der Waals surface area contributed by atoms with E-state index in [1.54, 1.807) is 23.1 Å². The van der Waals surface area contributed by atoms with E-state index >= 15 is 0 Å². The average Bonchev–Trinajstić information content (AvgIpc) is 3.26. The Morgan fingerprint density at radius 2 is 1.82 bits per heavy atom. The first-order chi connectivity index (χ1) is 10.4. The Labute approximate surface area is 129 Å². The van der Waals surface area contributed by atoms with Crippen LogP contribution in [-0.4, -0.2) is 56.0 Å². The summed E-state index contributed by atoms with van der Waals surface area (Å²) in [6, 6.07) is 6.57. The number of halogens is 1. The molecule has 22 heavy (non-hydrogen) atoms. The Bertz CT molecular complexity index is 684. The summed E-state index contributed by atoms with van der Waals surface area (Å²) in [4.78, 5) is 14.1. The van der Waals surface area contributed by atoms with Gasteiger partial charge in [-0.3, -0.25) is 4.79 Å². The molecular formula is C15H19FN2O3S. The second kappa shape index (κ2) is 5.62. The van der Waals surface area contributed by atoms with Crippen molar-refractivity contribution < 1.29 is 17.6 Å². The monoisotopic (exact) mass is 326 g/mol. The minimum Gasteiger partial charge on any atom is -0.340 e. The second-order valence-electron chi connectivity index (χ2n) is 5.96. The van der Waals surface area contributed by atoms with Crippen LogP contribution in [0.25, 0.3) is 0 Å². The zero-order valence-electron chi connectivity index (χ0n) is 12.4. The van der Waals surface area contributed by atoms with Crippen molar-refractivity contribution in [2.45, 2.75) is 12.3 Å². The maximum atomic E-state index is 13.7. The molecule has 0 N–H and O–H groups in total. The molecule has 5 nitrogen and oxygen atoms in total. The standard InChI is InChI=1S/C15H19FN2O3S/c1-22(20,21)18-8-6-17(7-9-18)15(19)13-10-12(13)11-4-2-3-5-14(11)16/h2-5,12-13H,6-10H2,1H3. The molecule has 0 radical (unpaired) electrons. The highest BCUT2D eigenvalue weighted by Crippen LogP contribution is 2.49. The van der Waals surface area contributed by atoms with E-state index in [1.807, 2.05) is 0 Å². The largest absolute Gasteiger partial charge is 0.340 e. The minimum atomic E-state index is -3.19. The molecule has 3 rings (SSSR count). The number of hydrogen-bond donors (Lipinski definition) is 0. The van der Waals surface area contributed by atoms with E-state index in [0.717, 1.165) is 0 Å². The maximum Gasteiger partial charge on any atom is 0.226 e. The molecule has 1 saturated heterocycles. The number of benzene rings is 1. The normalized spacial score (nSPS) is 26.0. The SMILES string of the molecule is CS(=O)(=O)N1CCN(C(=O)C2CC2c2ccccc2F)CC1. The quantitative estimate of drug-likeness (QED) is 0.834. The van der Waals surface area contributed by atoms with Gasteiger partial charge in [0.1, 0.15) is 5.82 Å². The van der Waals surface area contributed by atoms with Crippen LogP contribution in [0.5, 0.6) is 0 Å². The van der Waals surface area contributed by atoms with Crippen molar-refractivity contribution in [2.24, 2.45) is 5.92 Å². The van der Waals surface area contributed by atoms with Crippen LogP contribution in [0.15, 0.2) is 24.3 Å². The van der Waals surface area contributed by atoms with E-state index in [9.17, 15) is 17.6 Å². The maximum absolute atomic E-state index is 13.7. The van der Waals surface area contributed by atoms with Gasteiger partial charge < -0.3 is 4.90 Å². The van der Waals surface area contributed by atoms with Crippen LogP contribution < -0.4 is 0 Å². The van der Waals surface area contributed by atoms with E-state index in [4.69, 9.17) is 0 Å². The molecule has 1 amide bonds. The van der Waals surface area contributed by atoms with Crippen molar-refractivity contribution in [3.63, 3.8) is 0 Å². The molecule has 2 atom stereocenters. The third-order valence-electron chi connectivity index (χ3n) is 4.43. The number of sulfonamides is 1. The fourth-order valence-corrected chi connectivity index (χ4v) is 3.89. The summed E-state index contributed by atoms with van der Waals surface area (Å²) >= 11 is 0. The van der Waals surface area contributed by atoms with Crippen LogP contribution in [0.1, 0.15) is 17.9 Å². The van der Waals surface area contributed by atoms with E-state index in [-0.39, 0.29) is 23.6 Å². The van der Waals surface area contributed by atoms with Crippen molar-refractivity contribution in [1.29, 1.82) is 0 Å². The molecule has 1 aromatic rings. The number of carbonyl (C=O) groups excluding carboxylic acids is 1. The number of amides is 1. The van der Waals surface area contributed by atoms with Crippen LogP contribution in [0.4, 0.5) is 4.39 Å². The zero-order chi connectivity index (χ0) is 15.9. The van der Waals surface area contributed by atoms with E-state index in [0.29, 0.717) is 38.2 Å². The Kier molecular flexibility index (Phi) is 3.94. The van der Waals surface area contributed by atoms with Crippen molar-refractivity contribution in [3.8, 4) is 0 Å². The van der Waals surface area contributed by atoms with Crippen molar-refractivity contribution in [3.05, 3.63) is 35.6 Å². The van der Waals surface area contributed by atoms with Gasteiger partial charge in [-0.05, 0) is 24.0 Å². The highest BCUT2D eigenvalue weighted by atomic mass is 32.2. The van der Waals surface area contributed by atoms with Crippen LogP contribution in [0.3, 0.4) is 0 Å². The smallest absolute Gasteiger partial charge is 0.226 e. The lowest BCUT2D eigenvalue weighted by atomic mass is 10.1. The molecule has 120 valence electrons. The van der Waals surface area contributed by atoms with Gasteiger partial charge >= 0.3 is 0 Å². The Morgan fingerprint density at radius 3 is 2.41 bits per heavy atom. The molecule has 2 fully saturated rings. The third kappa shape index (κ3) is 3.01. The summed E-state index contributed by atoms with van der Waals surface area (Å²) in [6.07, 6.45) is 1.85. The molecule has 2 unspecified atom stereocenters. The fourth-order valence-electron chi connectivity index (χ4n) is 3.06. The highest BCUT2D eigenvalue weighted by Gasteiger charge is 2.47. The van der Waals surface area contributed by atoms with Gasteiger partial charge in [-0.25, -0.2) is 12.8 Å². The number of rotatable bonds is 3. The van der Waals surface area contributed by atoms with E-state index in [2.05, 4.69) is 0 Å². The number of piperazine rings is 1. The van der Waals surface area contributed by atoms with Gasteiger partial charge in [-0.1, -0.05) is 18.2 Å². The second-order valence-corrected chi connectivity index (χ2v) is 7.94. The van der Waals surface area contributed by atoms with Gasteiger partial charge in [0.15, 0.2) is 0 Å². The van der Waals surface area contributed by atoms with Gasteiger partial charge in [0.2, 0.25) is 15.9 Å². The van der Waals surface area contributed by atoms with Gasteiger partial charge in [-0.2, -0.15) is 4.31 Å². The molecule has 1 aliphatic heterocycles. The third-order valence-corrected chi connectivity index (χ3v) is 5.73.